The highest BCUT2D eigenvalue weighted by molar-refractivity contribution is 5.85. The second kappa shape index (κ2) is 10.2. The first-order valence-electron chi connectivity index (χ1n) is 10.2. The third-order valence-corrected chi connectivity index (χ3v) is 5.00. The first kappa shape index (κ1) is 21.1. The van der Waals surface area contributed by atoms with Gasteiger partial charge >= 0.3 is 0 Å². The smallest absolute Gasteiger partial charge is 0.250 e. The summed E-state index contributed by atoms with van der Waals surface area (Å²) in [6.45, 7) is 5.52. The Bertz CT molecular complexity index is 863. The van der Waals surface area contributed by atoms with Crippen LogP contribution in [0.1, 0.15) is 5.56 Å². The van der Waals surface area contributed by atoms with Gasteiger partial charge < -0.3 is 28.7 Å². The maximum atomic E-state index is 5.45. The minimum absolute atomic E-state index is 0.371. The van der Waals surface area contributed by atoms with Crippen LogP contribution < -0.4 is 24.7 Å². The van der Waals surface area contributed by atoms with Gasteiger partial charge in [-0.25, -0.2) is 5.43 Å². The standard InChI is InChI=1S/C20H27N7O4/c1-28-16-5-3-4-15(17(16)29-2)14-21-25-18-22-19(26-6-10-30-11-7-26)24-20(23-18)27-8-12-31-13-9-27/h3-5,14H,6-13H2,1-2H3,(H,22,23,24,25)/b21-14-. The fourth-order valence-electron chi connectivity index (χ4n) is 3.39. The lowest BCUT2D eigenvalue weighted by Gasteiger charge is -2.30. The van der Waals surface area contributed by atoms with Crippen molar-refractivity contribution < 1.29 is 18.9 Å². The van der Waals surface area contributed by atoms with E-state index in [9.17, 15) is 0 Å². The molecular formula is C20H27N7O4. The number of hydrogen-bond donors (Lipinski definition) is 1. The predicted molar refractivity (Wildman–Crippen MR) is 117 cm³/mol. The number of hydrazone groups is 1. The van der Waals surface area contributed by atoms with E-state index >= 15 is 0 Å². The number of aromatic nitrogens is 3. The molecule has 1 aromatic heterocycles. The van der Waals surface area contributed by atoms with Crippen molar-refractivity contribution in [3.63, 3.8) is 0 Å². The summed E-state index contributed by atoms with van der Waals surface area (Å²) in [5.41, 5.74) is 3.70. The number of morpholine rings is 2. The van der Waals surface area contributed by atoms with Crippen molar-refractivity contribution in [2.24, 2.45) is 5.10 Å². The van der Waals surface area contributed by atoms with Crippen molar-refractivity contribution in [1.82, 2.24) is 15.0 Å². The van der Waals surface area contributed by atoms with E-state index in [4.69, 9.17) is 18.9 Å². The Kier molecular flexibility index (Phi) is 6.95. The molecule has 4 rings (SSSR count). The van der Waals surface area contributed by atoms with E-state index in [0.717, 1.165) is 31.7 Å². The Balaban J connectivity index is 1.57. The summed E-state index contributed by atoms with van der Waals surface area (Å²) < 4.78 is 21.7. The Morgan fingerprint density at radius 3 is 2.06 bits per heavy atom. The summed E-state index contributed by atoms with van der Waals surface area (Å²) in [7, 11) is 3.19. The van der Waals surface area contributed by atoms with Gasteiger partial charge in [-0.3, -0.25) is 0 Å². The molecule has 0 radical (unpaired) electrons. The van der Waals surface area contributed by atoms with E-state index in [1.807, 2.05) is 18.2 Å². The highest BCUT2D eigenvalue weighted by Crippen LogP contribution is 2.29. The topological polar surface area (TPSA) is 106 Å². The molecule has 166 valence electrons. The van der Waals surface area contributed by atoms with Crippen LogP contribution in [0.15, 0.2) is 23.3 Å². The fourth-order valence-corrected chi connectivity index (χ4v) is 3.39. The monoisotopic (exact) mass is 429 g/mol. The van der Waals surface area contributed by atoms with Gasteiger partial charge in [-0.2, -0.15) is 20.1 Å². The number of nitrogens with one attached hydrogen (secondary N) is 1. The second-order valence-electron chi connectivity index (χ2n) is 6.91. The van der Waals surface area contributed by atoms with Crippen molar-refractivity contribution in [3.8, 4) is 11.5 Å². The van der Waals surface area contributed by atoms with Crippen LogP contribution in [0.25, 0.3) is 0 Å². The van der Waals surface area contributed by atoms with Gasteiger partial charge in [0.05, 0.1) is 46.9 Å². The number of benzene rings is 1. The highest BCUT2D eigenvalue weighted by Gasteiger charge is 2.20. The zero-order chi connectivity index (χ0) is 21.5. The zero-order valence-electron chi connectivity index (χ0n) is 17.8. The normalized spacial score (nSPS) is 17.1. The van der Waals surface area contributed by atoms with Crippen LogP contribution in [0, 0.1) is 0 Å². The van der Waals surface area contributed by atoms with E-state index in [2.05, 4.69) is 35.3 Å². The maximum absolute atomic E-state index is 5.45. The van der Waals surface area contributed by atoms with E-state index in [1.165, 1.54) is 0 Å². The van der Waals surface area contributed by atoms with Crippen molar-refractivity contribution in [1.29, 1.82) is 0 Å². The largest absolute Gasteiger partial charge is 0.493 e. The zero-order valence-corrected chi connectivity index (χ0v) is 17.8. The Morgan fingerprint density at radius 1 is 0.903 bits per heavy atom. The molecule has 0 spiro atoms. The molecule has 31 heavy (non-hydrogen) atoms. The number of ether oxygens (including phenoxy) is 4. The number of hydrogen-bond acceptors (Lipinski definition) is 11. The molecule has 11 heteroatoms. The van der Waals surface area contributed by atoms with E-state index in [0.29, 0.717) is 55.8 Å². The van der Waals surface area contributed by atoms with Gasteiger partial charge in [-0.05, 0) is 12.1 Å². The summed E-state index contributed by atoms with van der Waals surface area (Å²) in [6, 6.07) is 5.59. The number of methoxy groups -OCH3 is 2. The Morgan fingerprint density at radius 2 is 1.52 bits per heavy atom. The van der Waals surface area contributed by atoms with Crippen LogP contribution in [-0.2, 0) is 9.47 Å². The molecule has 3 heterocycles. The number of anilines is 3. The van der Waals surface area contributed by atoms with Crippen LogP contribution in [0.3, 0.4) is 0 Å². The van der Waals surface area contributed by atoms with Gasteiger partial charge in [0.25, 0.3) is 0 Å². The number of para-hydroxylation sites is 1. The fraction of sp³-hybridized carbons (Fsp3) is 0.500. The minimum atomic E-state index is 0.371. The van der Waals surface area contributed by atoms with Gasteiger partial charge in [0.2, 0.25) is 17.8 Å². The maximum Gasteiger partial charge on any atom is 0.250 e. The van der Waals surface area contributed by atoms with Gasteiger partial charge in [0.1, 0.15) is 0 Å². The van der Waals surface area contributed by atoms with Crippen LogP contribution >= 0.6 is 0 Å². The second-order valence-corrected chi connectivity index (χ2v) is 6.91. The summed E-state index contributed by atoms with van der Waals surface area (Å²) >= 11 is 0. The van der Waals surface area contributed by atoms with Gasteiger partial charge in [0, 0.05) is 31.7 Å². The lowest BCUT2D eigenvalue weighted by Crippen LogP contribution is -2.40. The van der Waals surface area contributed by atoms with Crippen molar-refractivity contribution in [2.75, 3.05) is 82.1 Å². The molecule has 0 saturated carbocycles. The van der Waals surface area contributed by atoms with Gasteiger partial charge in [0.15, 0.2) is 11.5 Å². The molecular weight excluding hydrogens is 402 g/mol. The first-order chi connectivity index (χ1) is 15.3. The van der Waals surface area contributed by atoms with Crippen molar-refractivity contribution in [3.05, 3.63) is 23.8 Å². The minimum Gasteiger partial charge on any atom is -0.493 e. The lowest BCUT2D eigenvalue weighted by atomic mass is 10.2. The average molecular weight is 429 g/mol. The first-order valence-corrected chi connectivity index (χ1v) is 10.2. The summed E-state index contributed by atoms with van der Waals surface area (Å²) in [5.74, 6) is 2.83. The highest BCUT2D eigenvalue weighted by atomic mass is 16.5. The van der Waals surface area contributed by atoms with E-state index in [-0.39, 0.29) is 0 Å². The lowest BCUT2D eigenvalue weighted by molar-refractivity contribution is 0.121. The summed E-state index contributed by atoms with van der Waals surface area (Å²) in [5, 5.41) is 4.32. The molecule has 0 amide bonds. The third-order valence-electron chi connectivity index (χ3n) is 5.00. The third kappa shape index (κ3) is 5.12. The average Bonchev–Trinajstić information content (AvgIpc) is 2.84. The molecule has 2 aromatic rings. The molecule has 11 nitrogen and oxygen atoms in total. The Labute approximate surface area is 181 Å². The quantitative estimate of drug-likeness (QED) is 0.506. The molecule has 2 aliphatic heterocycles. The van der Waals surface area contributed by atoms with Crippen molar-refractivity contribution in [2.45, 2.75) is 0 Å². The summed E-state index contributed by atoms with van der Waals surface area (Å²) in [4.78, 5) is 18.0. The van der Waals surface area contributed by atoms with Gasteiger partial charge in [-0.1, -0.05) is 6.07 Å². The Hall–Kier alpha value is -3.18. The number of rotatable bonds is 7. The predicted octanol–water partition coefficient (Wildman–Crippen LogP) is 1.01. The molecule has 2 saturated heterocycles. The van der Waals surface area contributed by atoms with Crippen LogP contribution in [-0.4, -0.2) is 88.0 Å². The van der Waals surface area contributed by atoms with Crippen LogP contribution in [0.2, 0.25) is 0 Å². The molecule has 2 aliphatic rings. The molecule has 0 bridgehead atoms. The van der Waals surface area contributed by atoms with Crippen LogP contribution in [0.5, 0.6) is 11.5 Å². The van der Waals surface area contributed by atoms with Crippen molar-refractivity contribution >= 4 is 24.1 Å². The SMILES string of the molecule is COc1cccc(/C=N\Nc2nc(N3CCOCC3)nc(N3CCOCC3)n2)c1OC. The molecule has 1 aromatic carbocycles. The molecule has 0 aliphatic carbocycles. The molecule has 2 fully saturated rings. The van der Waals surface area contributed by atoms with Crippen LogP contribution in [0.4, 0.5) is 17.8 Å². The summed E-state index contributed by atoms with van der Waals surface area (Å²) in [6.07, 6.45) is 1.65. The molecule has 0 atom stereocenters. The van der Waals surface area contributed by atoms with E-state index < -0.39 is 0 Å². The van der Waals surface area contributed by atoms with E-state index in [1.54, 1.807) is 20.4 Å². The van der Waals surface area contributed by atoms with Gasteiger partial charge in [-0.15, -0.1) is 0 Å². The molecule has 0 unspecified atom stereocenters. The number of nitrogens with zero attached hydrogens (tertiary/aromatic N) is 6. The molecule has 1 N–H and O–H groups in total.